The van der Waals surface area contributed by atoms with Crippen molar-refractivity contribution in [3.05, 3.63) is 35.6 Å². The van der Waals surface area contributed by atoms with Crippen molar-refractivity contribution in [2.75, 3.05) is 6.54 Å². The van der Waals surface area contributed by atoms with Gasteiger partial charge in [0.25, 0.3) is 0 Å². The van der Waals surface area contributed by atoms with Crippen molar-refractivity contribution in [2.45, 2.75) is 44.0 Å². The van der Waals surface area contributed by atoms with E-state index in [4.69, 9.17) is 10.5 Å². The van der Waals surface area contributed by atoms with Crippen molar-refractivity contribution < 1.29 is 14.2 Å². The lowest BCUT2D eigenvalue weighted by Gasteiger charge is -2.34. The molecule has 0 amide bonds. The van der Waals surface area contributed by atoms with Gasteiger partial charge in [-0.25, -0.2) is 4.39 Å². The zero-order valence-corrected chi connectivity index (χ0v) is 10.4. The number of rotatable bonds is 4. The fourth-order valence-corrected chi connectivity index (χ4v) is 2.32. The van der Waals surface area contributed by atoms with E-state index in [0.717, 1.165) is 12.8 Å². The maximum atomic E-state index is 13.4. The lowest BCUT2D eigenvalue weighted by molar-refractivity contribution is -0.0558. The van der Waals surface area contributed by atoms with Crippen LogP contribution in [0.15, 0.2) is 24.3 Å². The lowest BCUT2D eigenvalue weighted by atomic mass is 9.83. The monoisotopic (exact) mass is 253 g/mol. The van der Waals surface area contributed by atoms with Crippen LogP contribution in [0.3, 0.4) is 0 Å². The summed E-state index contributed by atoms with van der Waals surface area (Å²) in [5.41, 5.74) is 5.38. The molecule has 1 aliphatic carbocycles. The summed E-state index contributed by atoms with van der Waals surface area (Å²) < 4.78 is 19.1. The molecule has 0 heterocycles. The third-order valence-electron chi connectivity index (χ3n) is 3.68. The summed E-state index contributed by atoms with van der Waals surface area (Å²) >= 11 is 0. The van der Waals surface area contributed by atoms with Crippen LogP contribution >= 0.6 is 0 Å². The molecule has 2 rings (SSSR count). The van der Waals surface area contributed by atoms with Crippen molar-refractivity contribution in [1.82, 2.24) is 0 Å². The highest BCUT2D eigenvalue weighted by molar-refractivity contribution is 5.16. The number of ether oxygens (including phenoxy) is 1. The molecule has 3 nitrogen and oxygen atoms in total. The molecule has 1 saturated carbocycles. The van der Waals surface area contributed by atoms with Crippen molar-refractivity contribution in [2.24, 2.45) is 5.73 Å². The highest BCUT2D eigenvalue weighted by atomic mass is 19.1. The molecule has 1 aromatic rings. The summed E-state index contributed by atoms with van der Waals surface area (Å²) in [6.07, 6.45) is 2.97. The van der Waals surface area contributed by atoms with Crippen LogP contribution in [0, 0.1) is 5.82 Å². The van der Waals surface area contributed by atoms with E-state index in [2.05, 4.69) is 0 Å². The summed E-state index contributed by atoms with van der Waals surface area (Å²) in [5, 5.41) is 9.99. The molecular weight excluding hydrogens is 233 g/mol. The number of halogens is 1. The number of hydrogen-bond donors (Lipinski definition) is 2. The molecule has 3 N–H and O–H groups in total. The first kappa shape index (κ1) is 13.5. The molecule has 18 heavy (non-hydrogen) atoms. The zero-order valence-electron chi connectivity index (χ0n) is 10.4. The van der Waals surface area contributed by atoms with E-state index in [1.807, 2.05) is 0 Å². The molecule has 1 fully saturated rings. The molecule has 4 heteroatoms. The Morgan fingerprint density at radius 1 is 1.33 bits per heavy atom. The average molecular weight is 253 g/mol. The minimum Gasteiger partial charge on any atom is -0.389 e. The Hall–Kier alpha value is -0.970. The fourth-order valence-electron chi connectivity index (χ4n) is 2.32. The van der Waals surface area contributed by atoms with Crippen molar-refractivity contribution in [1.29, 1.82) is 0 Å². The molecule has 0 unspecified atom stereocenters. The van der Waals surface area contributed by atoms with Gasteiger partial charge < -0.3 is 15.6 Å². The van der Waals surface area contributed by atoms with Crippen molar-refractivity contribution in [3.63, 3.8) is 0 Å². The Kier molecular flexibility index (Phi) is 4.32. The zero-order chi connectivity index (χ0) is 13.0. The molecule has 0 saturated heterocycles. The van der Waals surface area contributed by atoms with Gasteiger partial charge in [0.2, 0.25) is 0 Å². The first-order valence-electron chi connectivity index (χ1n) is 6.40. The standard InChI is InChI=1S/C14H20FNO2/c15-13-4-2-1-3-11(13)9-18-12-5-7-14(17,10-16)8-6-12/h1-4,12,17H,5-10,16H2. The minimum atomic E-state index is -0.724. The fraction of sp³-hybridized carbons (Fsp3) is 0.571. The van der Waals surface area contributed by atoms with Gasteiger partial charge in [0.1, 0.15) is 5.82 Å². The van der Waals surface area contributed by atoms with E-state index in [1.165, 1.54) is 6.07 Å². The molecule has 0 atom stereocenters. The second-order valence-electron chi connectivity index (χ2n) is 5.03. The van der Waals surface area contributed by atoms with Crippen molar-refractivity contribution in [3.8, 4) is 0 Å². The Balaban J connectivity index is 1.81. The lowest BCUT2D eigenvalue weighted by Crippen LogP contribution is -2.42. The Bertz CT molecular complexity index is 389. The first-order valence-corrected chi connectivity index (χ1v) is 6.40. The number of aliphatic hydroxyl groups is 1. The maximum Gasteiger partial charge on any atom is 0.128 e. The quantitative estimate of drug-likeness (QED) is 0.862. The smallest absolute Gasteiger partial charge is 0.128 e. The van der Waals surface area contributed by atoms with Crippen LogP contribution in [-0.2, 0) is 11.3 Å². The molecule has 0 aliphatic heterocycles. The molecule has 1 aliphatic rings. The molecule has 0 aromatic heterocycles. The van der Waals surface area contributed by atoms with Crippen LogP contribution in [0.25, 0.3) is 0 Å². The highest BCUT2D eigenvalue weighted by Gasteiger charge is 2.32. The Labute approximate surface area is 107 Å². The summed E-state index contributed by atoms with van der Waals surface area (Å²) in [6, 6.07) is 6.64. The van der Waals surface area contributed by atoms with Gasteiger partial charge in [-0.2, -0.15) is 0 Å². The van der Waals surface area contributed by atoms with Gasteiger partial charge >= 0.3 is 0 Å². The molecule has 0 spiro atoms. The van der Waals surface area contributed by atoms with Gasteiger partial charge in [-0.15, -0.1) is 0 Å². The number of nitrogens with two attached hydrogens (primary N) is 1. The third-order valence-corrected chi connectivity index (χ3v) is 3.68. The summed E-state index contributed by atoms with van der Waals surface area (Å²) in [6.45, 7) is 0.589. The molecule has 0 bridgehead atoms. The molecule has 1 aromatic carbocycles. The van der Waals surface area contributed by atoms with Crippen LogP contribution in [0.1, 0.15) is 31.2 Å². The Morgan fingerprint density at radius 2 is 2.00 bits per heavy atom. The van der Waals surface area contributed by atoms with E-state index in [0.29, 0.717) is 31.6 Å². The third kappa shape index (κ3) is 3.28. The minimum absolute atomic E-state index is 0.0939. The van der Waals surface area contributed by atoms with Gasteiger partial charge in [-0.05, 0) is 31.7 Å². The van der Waals surface area contributed by atoms with E-state index in [1.54, 1.807) is 18.2 Å². The summed E-state index contributed by atoms with van der Waals surface area (Å²) in [5.74, 6) is -0.230. The van der Waals surface area contributed by atoms with Gasteiger partial charge in [0.15, 0.2) is 0 Å². The SMILES string of the molecule is NCC1(O)CCC(OCc2ccccc2F)CC1. The van der Waals surface area contributed by atoms with E-state index < -0.39 is 5.60 Å². The summed E-state index contributed by atoms with van der Waals surface area (Å²) in [7, 11) is 0. The summed E-state index contributed by atoms with van der Waals surface area (Å²) in [4.78, 5) is 0. The van der Waals surface area contributed by atoms with Gasteiger partial charge in [0, 0.05) is 12.1 Å². The normalized spacial score (nSPS) is 28.3. The first-order chi connectivity index (χ1) is 8.63. The maximum absolute atomic E-state index is 13.4. The van der Waals surface area contributed by atoms with Crippen molar-refractivity contribution >= 4 is 0 Å². The van der Waals surface area contributed by atoms with Crippen LogP contribution in [0.2, 0.25) is 0 Å². The molecule has 100 valence electrons. The largest absolute Gasteiger partial charge is 0.389 e. The predicted octanol–water partition coefficient (Wildman–Crippen LogP) is 1.97. The van der Waals surface area contributed by atoms with Crippen LogP contribution < -0.4 is 5.73 Å². The topological polar surface area (TPSA) is 55.5 Å². The Morgan fingerprint density at radius 3 is 2.61 bits per heavy atom. The average Bonchev–Trinajstić information content (AvgIpc) is 2.40. The molecule has 0 radical (unpaired) electrons. The van der Waals surface area contributed by atoms with E-state index in [-0.39, 0.29) is 11.9 Å². The van der Waals surface area contributed by atoms with Crippen LogP contribution in [-0.4, -0.2) is 23.4 Å². The van der Waals surface area contributed by atoms with Crippen LogP contribution in [0.5, 0.6) is 0 Å². The predicted molar refractivity (Wildman–Crippen MR) is 67.4 cm³/mol. The number of benzene rings is 1. The highest BCUT2D eigenvalue weighted by Crippen LogP contribution is 2.29. The van der Waals surface area contributed by atoms with Gasteiger partial charge in [-0.1, -0.05) is 18.2 Å². The second-order valence-corrected chi connectivity index (χ2v) is 5.03. The van der Waals surface area contributed by atoms with Gasteiger partial charge in [0.05, 0.1) is 18.3 Å². The van der Waals surface area contributed by atoms with Gasteiger partial charge in [-0.3, -0.25) is 0 Å². The van der Waals surface area contributed by atoms with E-state index in [9.17, 15) is 9.50 Å². The van der Waals surface area contributed by atoms with E-state index >= 15 is 0 Å². The molecular formula is C14H20FNO2. The number of hydrogen-bond acceptors (Lipinski definition) is 3. The van der Waals surface area contributed by atoms with Crippen LogP contribution in [0.4, 0.5) is 4.39 Å². The second kappa shape index (κ2) is 5.78.